The first kappa shape index (κ1) is 13.1. The molecule has 18 heavy (non-hydrogen) atoms. The van der Waals surface area contributed by atoms with Gasteiger partial charge < -0.3 is 15.6 Å². The summed E-state index contributed by atoms with van der Waals surface area (Å²) in [6, 6.07) is 1.49. The van der Waals surface area contributed by atoms with Crippen molar-refractivity contribution in [2.75, 3.05) is 12.3 Å². The summed E-state index contributed by atoms with van der Waals surface area (Å²) >= 11 is 6.16. The molecule has 6 nitrogen and oxygen atoms in total. The van der Waals surface area contributed by atoms with Gasteiger partial charge in [-0.2, -0.15) is 4.98 Å². The molecule has 0 spiro atoms. The Hall–Kier alpha value is -1.37. The van der Waals surface area contributed by atoms with Gasteiger partial charge in [-0.1, -0.05) is 6.08 Å². The van der Waals surface area contributed by atoms with Gasteiger partial charge in [-0.3, -0.25) is 4.57 Å². The van der Waals surface area contributed by atoms with Crippen molar-refractivity contribution in [2.24, 2.45) is 0 Å². The molecule has 1 aromatic rings. The van der Waals surface area contributed by atoms with E-state index in [1.54, 1.807) is 0 Å². The summed E-state index contributed by atoms with van der Waals surface area (Å²) in [6.07, 6.45) is 2.65. The number of ether oxygens (including phenoxy) is 1. The van der Waals surface area contributed by atoms with Gasteiger partial charge in [-0.15, -0.1) is 18.2 Å². The number of anilines is 1. The van der Waals surface area contributed by atoms with E-state index in [-0.39, 0.29) is 12.4 Å². The van der Waals surface area contributed by atoms with E-state index in [1.807, 2.05) is 0 Å². The Morgan fingerprint density at radius 2 is 2.56 bits per heavy atom. The molecular weight excluding hydrogens is 258 g/mol. The Balaban J connectivity index is 2.35. The molecule has 0 aliphatic carbocycles. The number of nitrogen functional groups attached to an aromatic ring is 1. The lowest BCUT2D eigenvalue weighted by Gasteiger charge is -2.23. The summed E-state index contributed by atoms with van der Waals surface area (Å²) in [5.41, 5.74) is 3.95. The second-order valence-corrected chi connectivity index (χ2v) is 4.76. The molecule has 2 rings (SSSR count). The molecule has 1 aromatic heterocycles. The van der Waals surface area contributed by atoms with Crippen LogP contribution in [0.25, 0.3) is 0 Å². The molecule has 3 N–H and O–H groups in total. The smallest absolute Gasteiger partial charge is 0.351 e. The van der Waals surface area contributed by atoms with E-state index < -0.39 is 22.9 Å². The van der Waals surface area contributed by atoms with Crippen molar-refractivity contribution >= 4 is 17.4 Å². The van der Waals surface area contributed by atoms with Gasteiger partial charge in [0, 0.05) is 12.6 Å². The molecule has 1 fully saturated rings. The lowest BCUT2D eigenvalue weighted by Crippen LogP contribution is -2.33. The van der Waals surface area contributed by atoms with Crippen LogP contribution in [0.5, 0.6) is 0 Å². The minimum Gasteiger partial charge on any atom is -0.393 e. The maximum absolute atomic E-state index is 11.7. The van der Waals surface area contributed by atoms with Gasteiger partial charge in [0.1, 0.15) is 11.4 Å². The number of aromatic nitrogens is 2. The Kier molecular flexibility index (Phi) is 3.43. The van der Waals surface area contributed by atoms with E-state index >= 15 is 0 Å². The summed E-state index contributed by atoms with van der Waals surface area (Å²) in [6.45, 7) is 3.38. The van der Waals surface area contributed by atoms with Crippen molar-refractivity contribution < 1.29 is 9.84 Å². The average Bonchev–Trinajstić information content (AvgIpc) is 2.67. The van der Waals surface area contributed by atoms with Crippen LogP contribution >= 0.6 is 11.6 Å². The van der Waals surface area contributed by atoms with Crippen molar-refractivity contribution in [3.05, 3.63) is 35.4 Å². The molecule has 2 heterocycles. The quantitative estimate of drug-likeness (QED) is 0.608. The Labute approximate surface area is 109 Å². The highest BCUT2D eigenvalue weighted by Crippen LogP contribution is 2.39. The summed E-state index contributed by atoms with van der Waals surface area (Å²) in [5.74, 6) is 0.137. The molecule has 0 radical (unpaired) electrons. The number of halogens is 1. The molecule has 1 saturated heterocycles. The Morgan fingerprint density at radius 1 is 1.83 bits per heavy atom. The number of alkyl halides is 1. The lowest BCUT2D eigenvalue weighted by atomic mass is 10.0. The first-order valence-electron chi connectivity index (χ1n) is 5.42. The van der Waals surface area contributed by atoms with Crippen LogP contribution in [0.4, 0.5) is 5.82 Å². The first-order chi connectivity index (χ1) is 8.51. The maximum Gasteiger partial charge on any atom is 0.351 e. The molecule has 0 bridgehead atoms. The van der Waals surface area contributed by atoms with E-state index in [9.17, 15) is 9.90 Å². The molecule has 1 aliphatic rings. The predicted octanol–water partition coefficient (Wildman–Crippen LogP) is 0.269. The van der Waals surface area contributed by atoms with Crippen LogP contribution in [0.1, 0.15) is 12.6 Å². The molecule has 0 aromatic carbocycles. The molecule has 0 unspecified atom stereocenters. The molecule has 0 amide bonds. The van der Waals surface area contributed by atoms with Crippen molar-refractivity contribution in [3.63, 3.8) is 0 Å². The zero-order valence-electron chi connectivity index (χ0n) is 9.62. The minimum absolute atomic E-state index is 0.137. The van der Waals surface area contributed by atoms with Crippen LogP contribution in [0.2, 0.25) is 0 Å². The fourth-order valence-electron chi connectivity index (χ4n) is 1.94. The van der Waals surface area contributed by atoms with E-state index in [2.05, 4.69) is 11.6 Å². The molecule has 3 atom stereocenters. The highest BCUT2D eigenvalue weighted by molar-refractivity contribution is 6.21. The van der Waals surface area contributed by atoms with Gasteiger partial charge in [0.2, 0.25) is 0 Å². The van der Waals surface area contributed by atoms with E-state index in [0.29, 0.717) is 6.42 Å². The second kappa shape index (κ2) is 4.72. The van der Waals surface area contributed by atoms with Crippen LogP contribution in [-0.4, -0.2) is 32.2 Å². The zero-order valence-corrected chi connectivity index (χ0v) is 10.4. The maximum atomic E-state index is 11.7. The number of nitrogens with zero attached hydrogens (tertiary/aromatic N) is 2. The highest BCUT2D eigenvalue weighted by atomic mass is 35.5. The van der Waals surface area contributed by atoms with E-state index in [0.717, 1.165) is 0 Å². The number of rotatable bonds is 3. The van der Waals surface area contributed by atoms with Crippen molar-refractivity contribution in [2.45, 2.75) is 23.6 Å². The number of aliphatic hydroxyl groups is 1. The van der Waals surface area contributed by atoms with Crippen LogP contribution in [0.3, 0.4) is 0 Å². The van der Waals surface area contributed by atoms with Crippen LogP contribution in [0, 0.1) is 0 Å². The first-order valence-corrected chi connectivity index (χ1v) is 5.86. The minimum atomic E-state index is -0.919. The van der Waals surface area contributed by atoms with Crippen molar-refractivity contribution in [3.8, 4) is 0 Å². The third-order valence-corrected chi connectivity index (χ3v) is 3.34. The van der Waals surface area contributed by atoms with Gasteiger partial charge in [0.25, 0.3) is 0 Å². The average molecular weight is 272 g/mol. The molecule has 98 valence electrons. The standard InChI is InChI=1S/C11H14ClN3O3/c1-2-11(6-16)5-7(12)9(18-11)15-4-3-8(13)14-10(15)17/h2-4,7,9,16H,1,5-6H2,(H2,13,14,17)/t7-,9+,11+/m1/s1. The third kappa shape index (κ3) is 2.14. The summed E-state index contributed by atoms with van der Waals surface area (Å²) in [4.78, 5) is 15.3. The van der Waals surface area contributed by atoms with Gasteiger partial charge >= 0.3 is 5.69 Å². The van der Waals surface area contributed by atoms with Crippen LogP contribution in [-0.2, 0) is 4.74 Å². The fraction of sp³-hybridized carbons (Fsp3) is 0.455. The lowest BCUT2D eigenvalue weighted by molar-refractivity contribution is -0.0699. The molecule has 1 aliphatic heterocycles. The van der Waals surface area contributed by atoms with Gasteiger partial charge in [-0.05, 0) is 6.07 Å². The third-order valence-electron chi connectivity index (χ3n) is 2.97. The van der Waals surface area contributed by atoms with Crippen molar-refractivity contribution in [1.29, 1.82) is 0 Å². The van der Waals surface area contributed by atoms with Crippen LogP contribution < -0.4 is 11.4 Å². The monoisotopic (exact) mass is 271 g/mol. The zero-order chi connectivity index (χ0) is 13.3. The van der Waals surface area contributed by atoms with Gasteiger partial charge in [-0.25, -0.2) is 4.79 Å². The fourth-order valence-corrected chi connectivity index (χ4v) is 2.38. The summed E-state index contributed by atoms with van der Waals surface area (Å²) in [5, 5.41) is 8.87. The number of aliphatic hydroxyl groups excluding tert-OH is 1. The summed E-state index contributed by atoms with van der Waals surface area (Å²) in [7, 11) is 0. The largest absolute Gasteiger partial charge is 0.393 e. The van der Waals surface area contributed by atoms with Crippen LogP contribution in [0.15, 0.2) is 29.7 Å². The van der Waals surface area contributed by atoms with E-state index in [1.165, 1.54) is 22.9 Å². The van der Waals surface area contributed by atoms with Crippen molar-refractivity contribution in [1.82, 2.24) is 9.55 Å². The predicted molar refractivity (Wildman–Crippen MR) is 67.3 cm³/mol. The number of nitrogens with two attached hydrogens (primary N) is 1. The van der Waals surface area contributed by atoms with Gasteiger partial charge in [0.15, 0.2) is 6.23 Å². The number of hydrogen-bond donors (Lipinski definition) is 2. The van der Waals surface area contributed by atoms with E-state index in [4.69, 9.17) is 22.1 Å². The summed E-state index contributed by atoms with van der Waals surface area (Å²) < 4.78 is 6.91. The molecule has 7 heteroatoms. The molecule has 0 saturated carbocycles. The van der Waals surface area contributed by atoms with Gasteiger partial charge in [0.05, 0.1) is 12.0 Å². The molecular formula is C11H14ClN3O3. The number of hydrogen-bond acceptors (Lipinski definition) is 5. The second-order valence-electron chi connectivity index (χ2n) is 4.20. The Bertz CT molecular complexity index is 519. The highest BCUT2D eigenvalue weighted by Gasteiger charge is 2.44. The topological polar surface area (TPSA) is 90.4 Å². The Morgan fingerprint density at radius 3 is 3.06 bits per heavy atom. The normalized spacial score (nSPS) is 31.4. The SMILES string of the molecule is C=C[C@@]1(CO)C[C@@H](Cl)[C@@H](n2ccc(N)nc2=O)O1.